The van der Waals surface area contributed by atoms with Crippen LogP contribution in [0.3, 0.4) is 0 Å². The number of carbonyl (C=O) groups excluding carboxylic acids is 3. The predicted molar refractivity (Wildman–Crippen MR) is 64.9 cm³/mol. The fourth-order valence-corrected chi connectivity index (χ4v) is 1.96. The van der Waals surface area contributed by atoms with Crippen LogP contribution in [0.4, 0.5) is 0 Å². The Labute approximate surface area is 109 Å². The average molecular weight is 267 g/mol. The number of benzene rings is 1. The van der Waals surface area contributed by atoms with Crippen molar-refractivity contribution in [3.8, 4) is 0 Å². The predicted octanol–water partition coefficient (Wildman–Crippen LogP) is 0.414. The zero-order valence-corrected chi connectivity index (χ0v) is 10.2. The average Bonchev–Trinajstić information content (AvgIpc) is 2.57. The minimum Gasteiger partial charge on any atom is -0.343 e. The highest BCUT2D eigenvalue weighted by Crippen LogP contribution is 2.11. The maximum Gasteiger partial charge on any atom is 0.249 e. The monoisotopic (exact) mass is 266 g/mol. The van der Waals surface area contributed by atoms with Crippen LogP contribution >= 0.6 is 11.6 Å². The first-order chi connectivity index (χ1) is 8.54. The molecular formula is C12H11ClN2O3. The molecule has 1 aromatic carbocycles. The molecule has 1 aliphatic heterocycles. The number of nitrogens with one attached hydrogen (secondary N) is 2. The van der Waals surface area contributed by atoms with Gasteiger partial charge in [0.2, 0.25) is 17.7 Å². The summed E-state index contributed by atoms with van der Waals surface area (Å²) < 4.78 is 0. The van der Waals surface area contributed by atoms with E-state index in [1.54, 1.807) is 24.3 Å². The highest BCUT2D eigenvalue weighted by Gasteiger charge is 2.31. The third-order valence-electron chi connectivity index (χ3n) is 2.56. The van der Waals surface area contributed by atoms with Crippen LogP contribution in [0.15, 0.2) is 24.3 Å². The third-order valence-corrected chi connectivity index (χ3v) is 2.79. The fourth-order valence-electron chi connectivity index (χ4n) is 1.75. The normalized spacial score (nSPS) is 18.6. The van der Waals surface area contributed by atoms with E-state index < -0.39 is 11.9 Å². The zero-order chi connectivity index (χ0) is 13.1. The molecule has 1 fully saturated rings. The van der Waals surface area contributed by atoms with E-state index in [9.17, 15) is 14.4 Å². The molecule has 0 aromatic heterocycles. The summed E-state index contributed by atoms with van der Waals surface area (Å²) in [5.74, 6) is -1.14. The quantitative estimate of drug-likeness (QED) is 0.779. The van der Waals surface area contributed by atoms with Crippen molar-refractivity contribution < 1.29 is 14.4 Å². The van der Waals surface area contributed by atoms with Crippen LogP contribution in [-0.2, 0) is 20.8 Å². The van der Waals surface area contributed by atoms with Crippen molar-refractivity contribution in [2.75, 3.05) is 0 Å². The van der Waals surface area contributed by atoms with E-state index in [2.05, 4.69) is 10.6 Å². The molecule has 1 atom stereocenters. The van der Waals surface area contributed by atoms with Crippen LogP contribution in [0.25, 0.3) is 0 Å². The standard InChI is InChI=1S/C12H11ClN2O3/c13-8-3-1-2-7(4-8)5-10(16)14-9-6-11(17)15-12(9)18/h1-4,9H,5-6H2,(H,14,16)(H,15,17,18). The highest BCUT2D eigenvalue weighted by molar-refractivity contribution is 6.30. The van der Waals surface area contributed by atoms with Crippen LogP contribution < -0.4 is 10.6 Å². The van der Waals surface area contributed by atoms with Crippen LogP contribution in [0.1, 0.15) is 12.0 Å². The number of amides is 3. The van der Waals surface area contributed by atoms with Gasteiger partial charge in [-0.3, -0.25) is 19.7 Å². The Balaban J connectivity index is 1.93. The fraction of sp³-hybridized carbons (Fsp3) is 0.250. The lowest BCUT2D eigenvalue weighted by Gasteiger charge is -2.09. The Bertz CT molecular complexity index is 516. The lowest BCUT2D eigenvalue weighted by molar-refractivity contribution is -0.128. The number of imide groups is 1. The molecule has 18 heavy (non-hydrogen) atoms. The molecule has 1 aliphatic rings. The van der Waals surface area contributed by atoms with Crippen molar-refractivity contribution in [3.63, 3.8) is 0 Å². The Morgan fingerprint density at radius 2 is 2.22 bits per heavy atom. The summed E-state index contributed by atoms with van der Waals surface area (Å²) in [6.07, 6.45) is 0.124. The van der Waals surface area contributed by atoms with Crippen molar-refractivity contribution in [2.24, 2.45) is 0 Å². The number of carbonyl (C=O) groups is 3. The van der Waals surface area contributed by atoms with Gasteiger partial charge in [0.05, 0.1) is 12.8 Å². The van der Waals surface area contributed by atoms with Crippen LogP contribution in [-0.4, -0.2) is 23.8 Å². The van der Waals surface area contributed by atoms with Gasteiger partial charge in [-0.15, -0.1) is 0 Å². The van der Waals surface area contributed by atoms with E-state index in [0.717, 1.165) is 5.56 Å². The summed E-state index contributed by atoms with van der Waals surface area (Å²) in [5.41, 5.74) is 0.754. The second kappa shape index (κ2) is 5.18. The molecule has 3 amide bonds. The molecule has 0 aliphatic carbocycles. The van der Waals surface area contributed by atoms with Crippen molar-refractivity contribution in [3.05, 3.63) is 34.9 Å². The molecule has 6 heteroatoms. The summed E-state index contributed by atoms with van der Waals surface area (Å²) in [7, 11) is 0. The first-order valence-electron chi connectivity index (χ1n) is 5.42. The highest BCUT2D eigenvalue weighted by atomic mass is 35.5. The third kappa shape index (κ3) is 3.07. The Hall–Kier alpha value is -1.88. The molecule has 2 N–H and O–H groups in total. The van der Waals surface area contributed by atoms with Crippen LogP contribution in [0.5, 0.6) is 0 Å². The minimum absolute atomic E-state index is 0.000118. The molecular weight excluding hydrogens is 256 g/mol. The van der Waals surface area contributed by atoms with Crippen LogP contribution in [0, 0.1) is 0 Å². The summed E-state index contributed by atoms with van der Waals surface area (Å²) in [4.78, 5) is 33.9. The summed E-state index contributed by atoms with van der Waals surface area (Å²) >= 11 is 5.80. The summed E-state index contributed by atoms with van der Waals surface area (Å²) in [6.45, 7) is 0. The minimum atomic E-state index is -0.760. The van der Waals surface area contributed by atoms with Gasteiger partial charge in [0.1, 0.15) is 6.04 Å². The molecule has 0 radical (unpaired) electrons. The van der Waals surface area contributed by atoms with Gasteiger partial charge in [-0.1, -0.05) is 23.7 Å². The summed E-state index contributed by atoms with van der Waals surface area (Å²) in [6, 6.07) is 6.15. The van der Waals surface area contributed by atoms with E-state index in [1.807, 2.05) is 0 Å². The molecule has 1 aromatic rings. The van der Waals surface area contributed by atoms with Gasteiger partial charge in [-0.05, 0) is 17.7 Å². The number of halogens is 1. The topological polar surface area (TPSA) is 75.3 Å². The lowest BCUT2D eigenvalue weighted by atomic mass is 10.1. The van der Waals surface area contributed by atoms with Gasteiger partial charge in [0.15, 0.2) is 0 Å². The second-order valence-electron chi connectivity index (χ2n) is 4.04. The Morgan fingerprint density at radius 3 is 2.83 bits per heavy atom. The van der Waals surface area contributed by atoms with Crippen molar-refractivity contribution in [1.82, 2.24) is 10.6 Å². The number of rotatable bonds is 3. The largest absolute Gasteiger partial charge is 0.343 e. The van der Waals surface area contributed by atoms with Gasteiger partial charge in [0.25, 0.3) is 0 Å². The molecule has 5 nitrogen and oxygen atoms in total. The molecule has 0 saturated carbocycles. The maximum atomic E-state index is 11.7. The van der Waals surface area contributed by atoms with E-state index in [0.29, 0.717) is 5.02 Å². The van der Waals surface area contributed by atoms with Crippen LogP contribution in [0.2, 0.25) is 5.02 Å². The van der Waals surface area contributed by atoms with E-state index in [-0.39, 0.29) is 24.7 Å². The lowest BCUT2D eigenvalue weighted by Crippen LogP contribution is -2.40. The SMILES string of the molecule is O=C1CC(NC(=O)Cc2cccc(Cl)c2)C(=O)N1. The summed E-state index contributed by atoms with van der Waals surface area (Å²) in [5, 5.41) is 5.19. The number of hydrogen-bond donors (Lipinski definition) is 2. The molecule has 1 unspecified atom stereocenters. The van der Waals surface area contributed by atoms with Crippen molar-refractivity contribution in [1.29, 1.82) is 0 Å². The molecule has 1 heterocycles. The van der Waals surface area contributed by atoms with Crippen molar-refractivity contribution >= 4 is 29.3 Å². The maximum absolute atomic E-state index is 11.7. The van der Waals surface area contributed by atoms with Gasteiger partial charge in [0, 0.05) is 5.02 Å². The van der Waals surface area contributed by atoms with Gasteiger partial charge < -0.3 is 5.32 Å². The Kier molecular flexibility index (Phi) is 3.62. The first-order valence-corrected chi connectivity index (χ1v) is 5.80. The molecule has 0 spiro atoms. The van der Waals surface area contributed by atoms with Crippen molar-refractivity contribution in [2.45, 2.75) is 18.9 Å². The zero-order valence-electron chi connectivity index (χ0n) is 9.40. The molecule has 1 saturated heterocycles. The first kappa shape index (κ1) is 12.6. The van der Waals surface area contributed by atoms with E-state index in [4.69, 9.17) is 11.6 Å². The smallest absolute Gasteiger partial charge is 0.249 e. The molecule has 2 rings (SSSR count). The van der Waals surface area contributed by atoms with Gasteiger partial charge >= 0.3 is 0 Å². The molecule has 94 valence electrons. The molecule has 0 bridgehead atoms. The van der Waals surface area contributed by atoms with Gasteiger partial charge in [-0.25, -0.2) is 0 Å². The van der Waals surface area contributed by atoms with E-state index in [1.165, 1.54) is 0 Å². The van der Waals surface area contributed by atoms with E-state index >= 15 is 0 Å². The Morgan fingerprint density at radius 1 is 1.44 bits per heavy atom. The second-order valence-corrected chi connectivity index (χ2v) is 4.48. The van der Waals surface area contributed by atoms with Gasteiger partial charge in [-0.2, -0.15) is 0 Å². The number of hydrogen-bond acceptors (Lipinski definition) is 3.